The lowest BCUT2D eigenvalue weighted by atomic mass is 9.83. The molecule has 2 aromatic carbocycles. The maximum absolute atomic E-state index is 14.9. The summed E-state index contributed by atoms with van der Waals surface area (Å²) >= 11 is 0. The molecule has 0 bridgehead atoms. The molecule has 2 aliphatic rings. The first-order valence-electron chi connectivity index (χ1n) is 29.3. The zero-order valence-corrected chi connectivity index (χ0v) is 51.7. The van der Waals surface area contributed by atoms with Crippen molar-refractivity contribution in [2.75, 3.05) is 73.2 Å². The summed E-state index contributed by atoms with van der Waals surface area (Å²) in [6.07, 6.45) is -10.9. The van der Waals surface area contributed by atoms with Crippen molar-refractivity contribution in [3.8, 4) is 5.75 Å². The third-order valence-corrected chi connectivity index (χ3v) is 16.1. The van der Waals surface area contributed by atoms with E-state index < -0.39 is 116 Å². The van der Waals surface area contributed by atoms with Gasteiger partial charge in [-0.1, -0.05) is 85.2 Å². The summed E-state index contributed by atoms with van der Waals surface area (Å²) in [5.41, 5.74) is 0.928. The Morgan fingerprint density at radius 1 is 0.837 bits per heavy atom. The Bertz CT molecular complexity index is 2460. The van der Waals surface area contributed by atoms with Gasteiger partial charge in [0.05, 0.1) is 81.2 Å². The topological polar surface area (TPSA) is 343 Å². The van der Waals surface area contributed by atoms with Crippen molar-refractivity contribution in [1.82, 2.24) is 20.0 Å². The molecule has 5 amide bonds. The third-order valence-electron chi connectivity index (χ3n) is 16.1. The number of amides is 5. The number of hydrogen-bond acceptors (Lipinski definition) is 21. The zero-order chi connectivity index (χ0) is 63.9. The van der Waals surface area contributed by atoms with Gasteiger partial charge in [-0.15, -0.1) is 0 Å². The fourth-order valence-electron chi connectivity index (χ4n) is 11.1. The van der Waals surface area contributed by atoms with Gasteiger partial charge < -0.3 is 83.8 Å². The number of anilines is 1. The van der Waals surface area contributed by atoms with Crippen molar-refractivity contribution >= 4 is 47.7 Å². The van der Waals surface area contributed by atoms with Gasteiger partial charge in [-0.25, -0.2) is 10.7 Å². The molecule has 2 fully saturated rings. The Hall–Kier alpha value is -5.91. The van der Waals surface area contributed by atoms with Crippen LogP contribution in [0.4, 0.5) is 10.5 Å². The number of hydrogen-bond donors (Lipinski definition) is 7. The number of methoxy groups -OCH3 is 2. The minimum absolute atomic E-state index is 0.0239. The number of likely N-dealkylation sites (N-methyl/N-ethyl adjacent to an activating group) is 2. The number of aliphatic hydroxyl groups is 4. The molecule has 0 spiro atoms. The first-order chi connectivity index (χ1) is 40.9. The molecule has 26 heteroatoms. The number of ketones is 1. The molecule has 8 N–H and O–H groups in total. The largest absolute Gasteiger partial charge is 0.461 e. The summed E-state index contributed by atoms with van der Waals surface area (Å²) in [7, 11) is 6.02. The zero-order valence-electron chi connectivity index (χ0n) is 51.7. The number of aliphatic hydroxyl groups excluding tert-OH is 4. The number of nitrogens with zero attached hydrogens (tertiary/aromatic N) is 3. The van der Waals surface area contributed by atoms with Crippen molar-refractivity contribution in [1.29, 1.82) is 0 Å². The number of benzene rings is 2. The molecule has 4 rings (SSSR count). The van der Waals surface area contributed by atoms with Gasteiger partial charge in [0.15, 0.2) is 5.78 Å². The fourth-order valence-corrected chi connectivity index (χ4v) is 11.1. The number of nitrogens with two attached hydrogens (primary N) is 1. The van der Waals surface area contributed by atoms with E-state index in [-0.39, 0.29) is 98.9 Å². The second-order valence-electron chi connectivity index (χ2n) is 22.7. The first kappa shape index (κ1) is 72.6. The van der Waals surface area contributed by atoms with Gasteiger partial charge in [-0.3, -0.25) is 33.5 Å². The Kier molecular flexibility index (Phi) is 30.2. The molecule has 2 saturated heterocycles. The first-order valence-corrected chi connectivity index (χ1v) is 29.3. The third kappa shape index (κ3) is 20.1. The van der Waals surface area contributed by atoms with Crippen LogP contribution >= 0.6 is 0 Å². The van der Waals surface area contributed by atoms with Gasteiger partial charge in [0.25, 0.3) is 6.47 Å². The van der Waals surface area contributed by atoms with Crippen LogP contribution in [0.25, 0.3) is 0 Å². The maximum atomic E-state index is 14.9. The van der Waals surface area contributed by atoms with E-state index in [1.807, 2.05) is 45.9 Å². The number of nitrogens with one attached hydrogen (secondary N) is 2. The monoisotopic (exact) mass is 1220 g/mol. The minimum Gasteiger partial charge on any atom is -0.461 e. The van der Waals surface area contributed by atoms with Gasteiger partial charge in [-0.05, 0) is 61.3 Å². The van der Waals surface area contributed by atoms with Gasteiger partial charge >= 0.3 is 6.09 Å². The molecule has 0 aromatic heterocycles. The van der Waals surface area contributed by atoms with Crippen LogP contribution in [-0.2, 0) is 73.4 Å². The van der Waals surface area contributed by atoms with Crippen LogP contribution in [0.2, 0.25) is 0 Å². The Morgan fingerprint density at radius 3 is 2.12 bits per heavy atom. The summed E-state index contributed by atoms with van der Waals surface area (Å²) in [6, 6.07) is 10.4. The highest BCUT2D eigenvalue weighted by Gasteiger charge is 2.47. The smallest absolute Gasteiger partial charge is 0.410 e. The van der Waals surface area contributed by atoms with E-state index in [0.29, 0.717) is 31.4 Å². The van der Waals surface area contributed by atoms with Crippen LogP contribution in [0.1, 0.15) is 105 Å². The predicted molar refractivity (Wildman–Crippen MR) is 311 cm³/mol. The van der Waals surface area contributed by atoms with Crippen LogP contribution in [0.15, 0.2) is 48.5 Å². The van der Waals surface area contributed by atoms with Crippen LogP contribution in [0, 0.1) is 29.6 Å². The van der Waals surface area contributed by atoms with E-state index >= 15 is 0 Å². The average Bonchev–Trinajstić information content (AvgIpc) is 1.89. The molecule has 0 radical (unpaired) electrons. The number of carbonyl (C=O) groups excluding carboxylic acids is 7. The van der Waals surface area contributed by atoms with Crippen molar-refractivity contribution in [3.05, 3.63) is 59.7 Å². The molecule has 484 valence electrons. The van der Waals surface area contributed by atoms with Gasteiger partial charge in [-0.2, -0.15) is 0 Å². The number of carbonyl (C=O) groups is 7. The van der Waals surface area contributed by atoms with E-state index in [9.17, 15) is 54.0 Å². The highest BCUT2D eigenvalue weighted by molar-refractivity contribution is 5.93. The summed E-state index contributed by atoms with van der Waals surface area (Å²) in [4.78, 5) is 105. The lowest BCUT2D eigenvalue weighted by Gasteiger charge is -2.41. The van der Waals surface area contributed by atoms with E-state index in [1.165, 1.54) is 39.5 Å². The number of rotatable bonds is 36. The molecule has 0 aliphatic carbocycles. The molecular formula is C60H94N6O20. The highest BCUT2D eigenvalue weighted by Crippen LogP contribution is 2.33. The molecule has 2 aliphatic heterocycles. The minimum atomic E-state index is -1.89. The molecular weight excluding hydrogens is 1120 g/mol. The summed E-state index contributed by atoms with van der Waals surface area (Å²) < 4.78 is 44.6. The molecule has 86 heavy (non-hydrogen) atoms. The van der Waals surface area contributed by atoms with Gasteiger partial charge in [0.1, 0.15) is 37.3 Å². The van der Waals surface area contributed by atoms with Crippen LogP contribution in [0.3, 0.4) is 0 Å². The number of Topliss-reactive ketones (excluding diaryl/α,β-unsaturated/α-hetero) is 1. The van der Waals surface area contributed by atoms with E-state index in [4.69, 9.17) is 43.8 Å². The Morgan fingerprint density at radius 2 is 1.50 bits per heavy atom. The summed E-state index contributed by atoms with van der Waals surface area (Å²) in [5.74, 6) is 0.331. The quantitative estimate of drug-likeness (QED) is 0.0293. The SMILES string of the molecule is CC[C@H](C)[C@@H]([C@@H](CC(=O)N1CCC[C@H]1[C@H](OC)[C@@H](C)C(=O)N[C@H](C)[C@@H](O)c1ccccc1)OC)N(C)C(=O)[C@@H](CC(=O)[C@H](C(C)C)N(C)C(=O)OCc1cc(NC(=O)COCCOCCON)ccc1O[C@@H]1OC(OC=O)[C@@H](O)[C@H](O)C1O)C(C)C. The lowest BCUT2D eigenvalue weighted by Crippen LogP contribution is -2.59. The standard InChI is InChI=1S/C60H94N6O20/c1-13-36(6)50(46(78-11)30-48(70)66-23-17-20-43(66)55(79-12)37(7)56(75)62-38(8)51(71)39-18-15-14-16-19-39)64(9)57(76)42(34(2)3)29-44(68)49(35(4)5)65(10)60(77)82-31-40-28-41(63-47(69)32-81-25-24-80-26-27-84-61)21-22-45(40)85-59-54(74)52(72)53(73)58(86-59)83-33-67/h14-16,18-19,21-22,28,33-38,42-43,46,49-55,58-59,71-74H,13,17,20,23-27,29-32,61H2,1-12H3,(H,62,75)(H,63,69)/t36-,37+,38+,42-,43-,46+,49-,50-,51+,52-,53-,54?,55+,58?,59+/m0/s1. The Labute approximate surface area is 504 Å². The summed E-state index contributed by atoms with van der Waals surface area (Å²) in [6.45, 7) is 14.6. The summed E-state index contributed by atoms with van der Waals surface area (Å²) in [5, 5.41) is 48.2. The van der Waals surface area contributed by atoms with Crippen molar-refractivity contribution in [2.45, 2.75) is 167 Å². The second kappa shape index (κ2) is 35.8. The maximum Gasteiger partial charge on any atom is 0.410 e. The predicted octanol–water partition coefficient (Wildman–Crippen LogP) is 2.85. The van der Waals surface area contributed by atoms with Crippen LogP contribution in [-0.4, -0.2) is 212 Å². The average molecular weight is 1220 g/mol. The van der Waals surface area contributed by atoms with Gasteiger partial charge in [0, 0.05) is 58.4 Å². The van der Waals surface area contributed by atoms with Crippen molar-refractivity contribution in [3.63, 3.8) is 0 Å². The number of ether oxygens (including phenoxy) is 8. The Balaban J connectivity index is 1.50. The van der Waals surface area contributed by atoms with E-state index in [2.05, 4.69) is 15.5 Å². The van der Waals surface area contributed by atoms with Gasteiger partial charge in [0.2, 0.25) is 36.2 Å². The normalized spacial score (nSPS) is 21.9. The molecule has 2 unspecified atom stereocenters. The molecule has 15 atom stereocenters. The van der Waals surface area contributed by atoms with Crippen molar-refractivity contribution < 1.29 is 96.7 Å². The molecule has 0 saturated carbocycles. The molecule has 26 nitrogen and oxygen atoms in total. The fraction of sp³-hybridized carbons (Fsp3) is 0.683. The molecule has 2 aromatic rings. The lowest BCUT2D eigenvalue weighted by molar-refractivity contribution is -0.321. The van der Waals surface area contributed by atoms with Crippen LogP contribution in [0.5, 0.6) is 5.75 Å². The molecule has 2 heterocycles. The van der Waals surface area contributed by atoms with E-state index in [1.54, 1.807) is 56.7 Å². The van der Waals surface area contributed by atoms with Crippen LogP contribution < -0.4 is 21.3 Å². The second-order valence-corrected chi connectivity index (χ2v) is 22.7. The highest BCUT2D eigenvalue weighted by atomic mass is 16.8. The number of likely N-dealkylation sites (tertiary alicyclic amines) is 1. The van der Waals surface area contributed by atoms with Crippen molar-refractivity contribution in [2.24, 2.45) is 35.5 Å². The van der Waals surface area contributed by atoms with E-state index in [0.717, 1.165) is 4.90 Å².